The molecule has 1 unspecified atom stereocenters. The van der Waals surface area contributed by atoms with Crippen LogP contribution in [0.1, 0.15) is 18.9 Å². The third kappa shape index (κ3) is 3.06. The normalized spacial score (nSPS) is 12.2. The summed E-state index contributed by atoms with van der Waals surface area (Å²) < 4.78 is 0. The first-order valence-electron chi connectivity index (χ1n) is 6.24. The predicted octanol–water partition coefficient (Wildman–Crippen LogP) is 2.67. The molecule has 1 N–H and O–H groups in total. The van der Waals surface area contributed by atoms with Gasteiger partial charge in [0.25, 0.3) is 0 Å². The van der Waals surface area contributed by atoms with Gasteiger partial charge in [0.05, 0.1) is 18.0 Å². The number of para-hydroxylation sites is 1. The number of nitrogens with one attached hydrogen (secondary N) is 1. The number of benzene rings is 1. The molecule has 0 bridgehead atoms. The van der Waals surface area contributed by atoms with Crippen LogP contribution in [0, 0.1) is 11.3 Å². The zero-order valence-electron chi connectivity index (χ0n) is 10.6. The van der Waals surface area contributed by atoms with Gasteiger partial charge in [-0.05, 0) is 31.5 Å². The van der Waals surface area contributed by atoms with Gasteiger partial charge < -0.3 is 5.32 Å². The summed E-state index contributed by atoms with van der Waals surface area (Å²) in [7, 11) is 0. The second-order valence-corrected chi connectivity index (χ2v) is 4.46. The highest BCUT2D eigenvalue weighted by Gasteiger charge is 2.03. The maximum atomic E-state index is 8.59. The Balaban J connectivity index is 2.02. The molecule has 1 aromatic heterocycles. The topological polar surface area (TPSA) is 48.7 Å². The largest absolute Gasteiger partial charge is 0.313 e. The molecule has 3 nitrogen and oxygen atoms in total. The molecule has 0 aliphatic carbocycles. The van der Waals surface area contributed by atoms with E-state index in [9.17, 15) is 0 Å². The number of rotatable bonds is 5. The number of fused-ring (bicyclic) bond motifs is 1. The van der Waals surface area contributed by atoms with Gasteiger partial charge in [0.1, 0.15) is 0 Å². The lowest BCUT2D eigenvalue weighted by Crippen LogP contribution is -2.27. The van der Waals surface area contributed by atoms with Crippen molar-refractivity contribution in [1.82, 2.24) is 10.3 Å². The van der Waals surface area contributed by atoms with E-state index in [1.807, 2.05) is 19.2 Å². The lowest BCUT2D eigenvalue weighted by Gasteiger charge is -2.10. The van der Waals surface area contributed by atoms with Crippen LogP contribution in [-0.2, 0) is 6.42 Å². The molecular weight excluding hydrogens is 222 g/mol. The molecule has 1 heterocycles. The molecule has 18 heavy (non-hydrogen) atoms. The van der Waals surface area contributed by atoms with Crippen molar-refractivity contribution in [1.29, 1.82) is 5.26 Å². The molecule has 0 spiro atoms. The van der Waals surface area contributed by atoms with E-state index in [0.717, 1.165) is 18.5 Å². The molecule has 0 radical (unpaired) electrons. The molecule has 0 saturated heterocycles. The zero-order chi connectivity index (χ0) is 12.8. The Hall–Kier alpha value is -1.92. The van der Waals surface area contributed by atoms with Crippen molar-refractivity contribution < 1.29 is 0 Å². The van der Waals surface area contributed by atoms with Gasteiger partial charge in [-0.3, -0.25) is 4.98 Å². The number of hydrogen-bond acceptors (Lipinski definition) is 3. The number of aromatic nitrogens is 1. The van der Waals surface area contributed by atoms with Crippen LogP contribution in [0.15, 0.2) is 36.5 Å². The summed E-state index contributed by atoms with van der Waals surface area (Å²) >= 11 is 0. The summed E-state index contributed by atoms with van der Waals surface area (Å²) in [5.74, 6) is 0. The summed E-state index contributed by atoms with van der Waals surface area (Å²) in [4.78, 5) is 4.44. The van der Waals surface area contributed by atoms with Crippen LogP contribution >= 0.6 is 0 Å². The van der Waals surface area contributed by atoms with Gasteiger partial charge in [0.2, 0.25) is 0 Å². The van der Waals surface area contributed by atoms with Crippen molar-refractivity contribution in [3.8, 4) is 6.07 Å². The van der Waals surface area contributed by atoms with Crippen molar-refractivity contribution in [3.05, 3.63) is 42.1 Å². The van der Waals surface area contributed by atoms with Crippen molar-refractivity contribution in [3.63, 3.8) is 0 Å². The number of hydrogen-bond donors (Lipinski definition) is 1. The second kappa shape index (κ2) is 6.13. The Labute approximate surface area is 107 Å². The summed E-state index contributed by atoms with van der Waals surface area (Å²) in [6.45, 7) is 2.91. The number of nitriles is 1. The van der Waals surface area contributed by atoms with E-state index < -0.39 is 0 Å². The fourth-order valence-corrected chi connectivity index (χ4v) is 2.03. The molecule has 0 fully saturated rings. The minimum atomic E-state index is 0.248. The predicted molar refractivity (Wildman–Crippen MR) is 73.1 cm³/mol. The monoisotopic (exact) mass is 239 g/mol. The maximum absolute atomic E-state index is 8.59. The van der Waals surface area contributed by atoms with E-state index >= 15 is 0 Å². The lowest BCUT2D eigenvalue weighted by atomic mass is 10.1. The Morgan fingerprint density at radius 3 is 3.00 bits per heavy atom. The van der Waals surface area contributed by atoms with E-state index in [1.54, 1.807) is 0 Å². The molecule has 0 amide bonds. The molecule has 0 saturated carbocycles. The van der Waals surface area contributed by atoms with Gasteiger partial charge in [-0.15, -0.1) is 0 Å². The molecule has 2 aromatic rings. The van der Waals surface area contributed by atoms with Crippen LogP contribution in [-0.4, -0.2) is 17.6 Å². The minimum absolute atomic E-state index is 0.248. The molecule has 1 atom stereocenters. The molecule has 1 aromatic carbocycles. The van der Waals surface area contributed by atoms with Crippen LogP contribution in [0.5, 0.6) is 0 Å². The van der Waals surface area contributed by atoms with Gasteiger partial charge in [-0.25, -0.2) is 0 Å². The van der Waals surface area contributed by atoms with E-state index in [4.69, 9.17) is 5.26 Å². The molecule has 0 aliphatic rings. The van der Waals surface area contributed by atoms with Crippen LogP contribution in [0.4, 0.5) is 0 Å². The van der Waals surface area contributed by atoms with Gasteiger partial charge >= 0.3 is 0 Å². The number of nitrogens with zero attached hydrogens (tertiary/aromatic N) is 2. The quantitative estimate of drug-likeness (QED) is 0.872. The average molecular weight is 239 g/mol. The van der Waals surface area contributed by atoms with Crippen LogP contribution in [0.3, 0.4) is 0 Å². The first kappa shape index (κ1) is 12.5. The van der Waals surface area contributed by atoms with E-state index in [0.29, 0.717) is 6.42 Å². The lowest BCUT2D eigenvalue weighted by molar-refractivity contribution is 0.560. The first-order valence-corrected chi connectivity index (χ1v) is 6.24. The van der Waals surface area contributed by atoms with Gasteiger partial charge in [0, 0.05) is 17.6 Å². The van der Waals surface area contributed by atoms with Crippen LogP contribution in [0.2, 0.25) is 0 Å². The summed E-state index contributed by atoms with van der Waals surface area (Å²) in [5.41, 5.74) is 2.33. The highest BCUT2D eigenvalue weighted by molar-refractivity contribution is 5.81. The first-order chi connectivity index (χ1) is 8.81. The SMILES string of the molecule is CC(CC#N)NCCc1cccc2cccnc12. The Morgan fingerprint density at radius 2 is 2.17 bits per heavy atom. The van der Waals surface area contributed by atoms with Crippen molar-refractivity contribution in [2.75, 3.05) is 6.54 Å². The Kier molecular flexibility index (Phi) is 4.27. The Bertz CT molecular complexity index is 552. The maximum Gasteiger partial charge on any atom is 0.0734 e. The van der Waals surface area contributed by atoms with Gasteiger partial charge in [-0.2, -0.15) is 5.26 Å². The van der Waals surface area contributed by atoms with Gasteiger partial charge in [-0.1, -0.05) is 24.3 Å². The Morgan fingerprint density at radius 1 is 1.33 bits per heavy atom. The highest BCUT2D eigenvalue weighted by atomic mass is 14.9. The van der Waals surface area contributed by atoms with Crippen LogP contribution in [0.25, 0.3) is 10.9 Å². The van der Waals surface area contributed by atoms with E-state index in [1.165, 1.54) is 10.9 Å². The third-order valence-corrected chi connectivity index (χ3v) is 3.00. The minimum Gasteiger partial charge on any atom is -0.313 e. The van der Waals surface area contributed by atoms with E-state index in [2.05, 4.69) is 40.6 Å². The van der Waals surface area contributed by atoms with Crippen molar-refractivity contribution >= 4 is 10.9 Å². The fourth-order valence-electron chi connectivity index (χ4n) is 2.03. The molecular formula is C15H17N3. The smallest absolute Gasteiger partial charge is 0.0734 e. The summed E-state index contributed by atoms with van der Waals surface area (Å²) in [6, 6.07) is 12.7. The second-order valence-electron chi connectivity index (χ2n) is 4.46. The van der Waals surface area contributed by atoms with Crippen molar-refractivity contribution in [2.45, 2.75) is 25.8 Å². The standard InChI is InChI=1S/C15H17N3/c1-12(7-9-16)17-11-8-14-5-2-4-13-6-3-10-18-15(13)14/h2-6,10,12,17H,7-8,11H2,1H3. The van der Waals surface area contributed by atoms with Crippen LogP contribution < -0.4 is 5.32 Å². The molecule has 2 rings (SSSR count). The van der Waals surface area contributed by atoms with E-state index in [-0.39, 0.29) is 6.04 Å². The molecule has 3 heteroatoms. The van der Waals surface area contributed by atoms with Gasteiger partial charge in [0.15, 0.2) is 0 Å². The summed E-state index contributed by atoms with van der Waals surface area (Å²) in [6.07, 6.45) is 3.31. The third-order valence-electron chi connectivity index (χ3n) is 3.00. The molecule has 0 aliphatic heterocycles. The fraction of sp³-hybridized carbons (Fsp3) is 0.333. The summed E-state index contributed by atoms with van der Waals surface area (Å²) in [5, 5.41) is 13.1. The van der Waals surface area contributed by atoms with Crippen molar-refractivity contribution in [2.24, 2.45) is 0 Å². The highest BCUT2D eigenvalue weighted by Crippen LogP contribution is 2.15. The average Bonchev–Trinajstić information content (AvgIpc) is 2.39. The number of pyridine rings is 1. The molecule has 92 valence electrons. The zero-order valence-corrected chi connectivity index (χ0v) is 10.6.